The first kappa shape index (κ1) is 10.4. The van der Waals surface area contributed by atoms with Gasteiger partial charge in [0, 0.05) is 12.3 Å². The fourth-order valence-electron chi connectivity index (χ4n) is 2.71. The second-order valence-corrected chi connectivity index (χ2v) is 4.94. The molecule has 1 spiro atoms. The summed E-state index contributed by atoms with van der Waals surface area (Å²) >= 11 is 0. The van der Waals surface area contributed by atoms with E-state index in [4.69, 9.17) is 0 Å². The molecule has 1 unspecified atom stereocenters. The monoisotopic (exact) mass is 212 g/mol. The summed E-state index contributed by atoms with van der Waals surface area (Å²) in [5.41, 5.74) is -0.657. The van der Waals surface area contributed by atoms with E-state index in [1.165, 1.54) is 4.90 Å². The van der Waals surface area contributed by atoms with Crippen molar-refractivity contribution >= 4 is 11.9 Å². The Morgan fingerprint density at radius 1 is 1.40 bits per heavy atom. The molecular formula is C10H18N3O2+. The molecule has 5 nitrogen and oxygen atoms in total. The van der Waals surface area contributed by atoms with E-state index in [9.17, 15) is 9.59 Å². The van der Waals surface area contributed by atoms with Crippen molar-refractivity contribution in [1.29, 1.82) is 0 Å². The Hall–Kier alpha value is -1.10. The number of carbonyl (C=O) groups excluding carboxylic acids is 2. The van der Waals surface area contributed by atoms with Crippen LogP contribution in [-0.2, 0) is 4.79 Å². The number of hydrogen-bond donors (Lipinski definition) is 3. The molecule has 2 aliphatic heterocycles. The van der Waals surface area contributed by atoms with Gasteiger partial charge in [-0.3, -0.25) is 10.1 Å². The highest BCUT2D eigenvalue weighted by Crippen LogP contribution is 2.27. The number of rotatable bonds is 0. The zero-order chi connectivity index (χ0) is 11.2. The largest absolute Gasteiger partial charge is 0.335 e. The first-order valence-electron chi connectivity index (χ1n) is 5.41. The number of imide groups is 1. The highest BCUT2D eigenvalue weighted by molar-refractivity contribution is 6.07. The van der Waals surface area contributed by atoms with Gasteiger partial charge in [-0.15, -0.1) is 0 Å². The van der Waals surface area contributed by atoms with Crippen LogP contribution >= 0.6 is 0 Å². The average molecular weight is 212 g/mol. The Bertz CT molecular complexity index is 318. The predicted octanol–water partition coefficient (Wildman–Crippen LogP) is -1.49. The van der Waals surface area contributed by atoms with Gasteiger partial charge in [0.2, 0.25) is 0 Å². The molecule has 0 saturated carbocycles. The van der Waals surface area contributed by atoms with Crippen molar-refractivity contribution in [2.24, 2.45) is 5.92 Å². The van der Waals surface area contributed by atoms with Crippen LogP contribution in [0.1, 0.15) is 20.3 Å². The van der Waals surface area contributed by atoms with E-state index in [-0.39, 0.29) is 17.9 Å². The molecule has 2 aliphatic rings. The third-order valence-electron chi connectivity index (χ3n) is 3.91. The van der Waals surface area contributed by atoms with Gasteiger partial charge >= 0.3 is 6.03 Å². The van der Waals surface area contributed by atoms with Crippen molar-refractivity contribution in [2.45, 2.75) is 31.8 Å². The Kier molecular flexibility index (Phi) is 2.22. The van der Waals surface area contributed by atoms with E-state index in [1.807, 2.05) is 6.92 Å². The molecule has 15 heavy (non-hydrogen) atoms. The minimum Gasteiger partial charge on any atom is -0.335 e. The van der Waals surface area contributed by atoms with Crippen LogP contribution in [0.4, 0.5) is 4.79 Å². The van der Waals surface area contributed by atoms with Gasteiger partial charge in [-0.25, -0.2) is 4.79 Å². The van der Waals surface area contributed by atoms with Crippen LogP contribution in [0.15, 0.2) is 0 Å². The lowest BCUT2D eigenvalue weighted by Crippen LogP contribution is -3.15. The summed E-state index contributed by atoms with van der Waals surface area (Å²) in [5, 5.41) is 5.15. The summed E-state index contributed by atoms with van der Waals surface area (Å²) in [7, 11) is 2.13. The van der Waals surface area contributed by atoms with Crippen LogP contribution in [-0.4, -0.2) is 37.1 Å². The van der Waals surface area contributed by atoms with Gasteiger partial charge in [-0.1, -0.05) is 6.92 Å². The summed E-state index contributed by atoms with van der Waals surface area (Å²) in [6.07, 6.45) is 0.720. The molecule has 3 amide bonds. The van der Waals surface area contributed by atoms with Gasteiger partial charge in [-0.05, 0) is 6.92 Å². The molecule has 2 fully saturated rings. The molecule has 0 aromatic heterocycles. The van der Waals surface area contributed by atoms with Crippen molar-refractivity contribution in [2.75, 3.05) is 13.6 Å². The number of nitrogens with one attached hydrogen (secondary N) is 3. The van der Waals surface area contributed by atoms with Gasteiger partial charge in [0.25, 0.3) is 5.91 Å². The van der Waals surface area contributed by atoms with Crippen molar-refractivity contribution < 1.29 is 14.5 Å². The Morgan fingerprint density at radius 3 is 2.60 bits per heavy atom. The van der Waals surface area contributed by atoms with Gasteiger partial charge in [0.15, 0.2) is 0 Å². The minimum atomic E-state index is -0.657. The molecule has 84 valence electrons. The molecule has 0 aromatic rings. The zero-order valence-electron chi connectivity index (χ0n) is 9.39. The maximum Gasteiger partial charge on any atom is 0.322 e. The summed E-state index contributed by atoms with van der Waals surface area (Å²) < 4.78 is 0. The van der Waals surface area contributed by atoms with E-state index in [1.54, 1.807) is 0 Å². The molecule has 3 N–H and O–H groups in total. The number of quaternary nitrogens is 1. The fourth-order valence-corrected chi connectivity index (χ4v) is 2.71. The van der Waals surface area contributed by atoms with E-state index >= 15 is 0 Å². The van der Waals surface area contributed by atoms with Crippen LogP contribution in [0.3, 0.4) is 0 Å². The van der Waals surface area contributed by atoms with Crippen LogP contribution in [0.2, 0.25) is 0 Å². The lowest BCUT2D eigenvalue weighted by molar-refractivity contribution is -0.914. The lowest BCUT2D eigenvalue weighted by atomic mass is 9.76. The summed E-state index contributed by atoms with van der Waals surface area (Å²) in [5.74, 6) is 0.0273. The Balaban J connectivity index is 2.27. The Morgan fingerprint density at radius 2 is 2.07 bits per heavy atom. The normalized spacial score (nSPS) is 45.4. The molecular weight excluding hydrogens is 194 g/mol. The second kappa shape index (κ2) is 3.20. The van der Waals surface area contributed by atoms with Crippen molar-refractivity contribution in [3.63, 3.8) is 0 Å². The fraction of sp³-hybridized carbons (Fsp3) is 0.800. The highest BCUT2D eigenvalue weighted by atomic mass is 16.2. The molecule has 2 saturated heterocycles. The topological polar surface area (TPSA) is 62.6 Å². The number of piperidine rings is 1. The van der Waals surface area contributed by atoms with Gasteiger partial charge < -0.3 is 10.2 Å². The molecule has 0 aromatic carbocycles. The highest BCUT2D eigenvalue weighted by Gasteiger charge is 2.55. The predicted molar refractivity (Wildman–Crippen MR) is 54.4 cm³/mol. The van der Waals surface area contributed by atoms with Gasteiger partial charge in [0.1, 0.15) is 5.54 Å². The third kappa shape index (κ3) is 1.42. The summed E-state index contributed by atoms with van der Waals surface area (Å²) in [4.78, 5) is 24.4. The van der Waals surface area contributed by atoms with Crippen LogP contribution in [0, 0.1) is 5.92 Å². The molecule has 0 aliphatic carbocycles. The van der Waals surface area contributed by atoms with Crippen LogP contribution in [0.5, 0.6) is 0 Å². The summed E-state index contributed by atoms with van der Waals surface area (Å²) in [6, 6.07) is 0.0453. The van der Waals surface area contributed by atoms with Gasteiger partial charge in [0.05, 0.1) is 19.6 Å². The lowest BCUT2D eigenvalue weighted by Gasteiger charge is -2.42. The van der Waals surface area contributed by atoms with E-state index in [0.29, 0.717) is 6.04 Å². The average Bonchev–Trinajstić information content (AvgIpc) is 2.40. The SMILES string of the molecule is C[C@H]1C[C@@]2(NC(=O)NC2=O)[C@@H](C)C[NH+]1C. The molecule has 4 atom stereocenters. The summed E-state index contributed by atoms with van der Waals surface area (Å²) in [6.45, 7) is 5.05. The van der Waals surface area contributed by atoms with Crippen LogP contribution < -0.4 is 15.5 Å². The number of urea groups is 1. The van der Waals surface area contributed by atoms with Crippen molar-refractivity contribution in [3.8, 4) is 0 Å². The maximum absolute atomic E-state index is 11.8. The number of carbonyl (C=O) groups is 2. The van der Waals surface area contributed by atoms with Crippen LogP contribution in [0.25, 0.3) is 0 Å². The third-order valence-corrected chi connectivity index (χ3v) is 3.91. The number of amides is 3. The van der Waals surface area contributed by atoms with Crippen molar-refractivity contribution in [3.05, 3.63) is 0 Å². The first-order chi connectivity index (χ1) is 6.95. The molecule has 5 heteroatoms. The molecule has 2 heterocycles. The standard InChI is InChI=1S/C10H17N3O2/c1-6-5-13(3)7(2)4-10(6)8(14)11-9(15)12-10/h6-7H,4-5H2,1-3H3,(H2,11,12,14,15)/p+1/t6-,7-,10+/m0/s1. The second-order valence-electron chi connectivity index (χ2n) is 4.94. The quantitative estimate of drug-likeness (QED) is 0.428. The van der Waals surface area contributed by atoms with Crippen molar-refractivity contribution in [1.82, 2.24) is 10.6 Å². The zero-order valence-corrected chi connectivity index (χ0v) is 9.39. The van der Waals surface area contributed by atoms with Gasteiger partial charge in [-0.2, -0.15) is 0 Å². The van der Waals surface area contributed by atoms with E-state index in [0.717, 1.165) is 13.0 Å². The molecule has 2 rings (SSSR count). The maximum atomic E-state index is 11.8. The Labute approximate surface area is 89.2 Å². The minimum absolute atomic E-state index is 0.153. The molecule has 0 radical (unpaired) electrons. The number of likely N-dealkylation sites (tertiary alicyclic amines) is 1. The van der Waals surface area contributed by atoms with E-state index in [2.05, 4.69) is 24.6 Å². The first-order valence-corrected chi connectivity index (χ1v) is 5.41. The molecule has 0 bridgehead atoms. The number of hydrogen-bond acceptors (Lipinski definition) is 2. The van der Waals surface area contributed by atoms with E-state index < -0.39 is 5.54 Å². The smallest absolute Gasteiger partial charge is 0.322 e.